The zero-order chi connectivity index (χ0) is 14.9. The molecule has 104 valence electrons. The van der Waals surface area contributed by atoms with Gasteiger partial charge in [0.05, 0.1) is 9.93 Å². The number of halogens is 2. The summed E-state index contributed by atoms with van der Waals surface area (Å²) >= 11 is 11.7. The second-order valence-corrected chi connectivity index (χ2v) is 5.88. The summed E-state index contributed by atoms with van der Waals surface area (Å²) in [4.78, 5) is 23.7. The van der Waals surface area contributed by atoms with E-state index in [-0.39, 0.29) is 19.8 Å². The van der Waals surface area contributed by atoms with Gasteiger partial charge in [0.15, 0.2) is 0 Å². The number of thiocarbonyl (C=S) groups is 1. The molecule has 1 aliphatic heterocycles. The third-order valence-corrected chi connectivity index (χ3v) is 4.15. The molecule has 0 aromatic heterocycles. The first kappa shape index (κ1) is 15.0. The van der Waals surface area contributed by atoms with Crippen LogP contribution in [0.4, 0.5) is 4.39 Å². The molecule has 1 aromatic carbocycles. The minimum Gasteiger partial charge on any atom is -0.480 e. The summed E-state index contributed by atoms with van der Waals surface area (Å²) in [5.74, 6) is -2.31. The second-order valence-electron chi connectivity index (χ2n) is 3.80. The van der Waals surface area contributed by atoms with E-state index in [0.29, 0.717) is 0 Å². The molecule has 0 bridgehead atoms. The van der Waals surface area contributed by atoms with Gasteiger partial charge in [0.2, 0.25) is 0 Å². The van der Waals surface area contributed by atoms with Gasteiger partial charge >= 0.3 is 5.97 Å². The Bertz CT molecular complexity index is 627. The molecule has 1 heterocycles. The van der Waals surface area contributed by atoms with Crippen molar-refractivity contribution >= 4 is 57.9 Å². The van der Waals surface area contributed by atoms with Crippen molar-refractivity contribution < 1.29 is 19.1 Å². The Morgan fingerprint density at radius 2 is 2.25 bits per heavy atom. The van der Waals surface area contributed by atoms with Gasteiger partial charge in [-0.15, -0.1) is 0 Å². The molecule has 1 amide bonds. The number of carbonyl (C=O) groups excluding carboxylic acids is 1. The highest BCUT2D eigenvalue weighted by molar-refractivity contribution is 8.26. The Labute approximate surface area is 128 Å². The van der Waals surface area contributed by atoms with Crippen LogP contribution in [0, 0.1) is 5.82 Å². The van der Waals surface area contributed by atoms with Gasteiger partial charge in [0.1, 0.15) is 16.7 Å². The van der Waals surface area contributed by atoms with Crippen molar-refractivity contribution in [1.82, 2.24) is 4.90 Å². The molecule has 1 saturated heterocycles. The standard InChI is InChI=1S/C12H7ClFNO3S2/c13-7-2-1-3-8(14)6(7)4-9-11(18)15(5-10(16)17)12(19)20-9/h1-4H,5H2,(H,16,17)/b9-4+. The number of hydrogen-bond acceptors (Lipinski definition) is 4. The quantitative estimate of drug-likeness (QED) is 0.682. The normalized spacial score (nSPS) is 17.1. The summed E-state index contributed by atoms with van der Waals surface area (Å²) in [6, 6.07) is 4.16. The van der Waals surface area contributed by atoms with Gasteiger partial charge in [-0.2, -0.15) is 0 Å². The largest absolute Gasteiger partial charge is 0.480 e. The number of aliphatic carboxylic acids is 1. The third-order valence-electron chi connectivity index (χ3n) is 2.44. The highest BCUT2D eigenvalue weighted by Gasteiger charge is 2.33. The molecule has 0 atom stereocenters. The van der Waals surface area contributed by atoms with Crippen LogP contribution < -0.4 is 0 Å². The average Bonchev–Trinajstić information content (AvgIpc) is 2.61. The maximum absolute atomic E-state index is 13.6. The summed E-state index contributed by atoms with van der Waals surface area (Å²) in [6.45, 7) is -0.521. The molecule has 0 spiro atoms. The van der Waals surface area contributed by atoms with E-state index in [1.807, 2.05) is 0 Å². The number of amides is 1. The molecule has 2 rings (SSSR count). The van der Waals surface area contributed by atoms with Crippen molar-refractivity contribution in [2.24, 2.45) is 0 Å². The fourth-order valence-electron chi connectivity index (χ4n) is 1.55. The summed E-state index contributed by atoms with van der Waals surface area (Å²) in [5, 5.41) is 8.87. The van der Waals surface area contributed by atoms with Crippen molar-refractivity contribution in [3.8, 4) is 0 Å². The molecule has 8 heteroatoms. The van der Waals surface area contributed by atoms with Gasteiger partial charge in [-0.05, 0) is 18.2 Å². The lowest BCUT2D eigenvalue weighted by Crippen LogP contribution is -2.33. The number of rotatable bonds is 3. The molecule has 1 fully saturated rings. The van der Waals surface area contributed by atoms with E-state index in [0.717, 1.165) is 16.7 Å². The number of benzene rings is 1. The Morgan fingerprint density at radius 3 is 2.85 bits per heavy atom. The van der Waals surface area contributed by atoms with Gasteiger partial charge < -0.3 is 5.11 Å². The predicted molar refractivity (Wildman–Crippen MR) is 78.9 cm³/mol. The Morgan fingerprint density at radius 1 is 1.55 bits per heavy atom. The van der Waals surface area contributed by atoms with Crippen LogP contribution in [0.1, 0.15) is 5.56 Å². The summed E-state index contributed by atoms with van der Waals surface area (Å²) in [6.07, 6.45) is 1.28. The average molecular weight is 332 g/mol. The lowest BCUT2D eigenvalue weighted by molar-refractivity contribution is -0.140. The molecule has 0 saturated carbocycles. The summed E-state index contributed by atoms with van der Waals surface area (Å²) in [5.41, 5.74) is 0.0741. The number of carboxylic acids is 1. The van der Waals surface area contributed by atoms with E-state index in [2.05, 4.69) is 0 Å². The fraction of sp³-hybridized carbons (Fsp3) is 0.0833. The maximum atomic E-state index is 13.6. The van der Waals surface area contributed by atoms with Gasteiger partial charge in [-0.3, -0.25) is 14.5 Å². The molecule has 1 N–H and O–H groups in total. The molecule has 4 nitrogen and oxygen atoms in total. The monoisotopic (exact) mass is 331 g/mol. The smallest absolute Gasteiger partial charge is 0.323 e. The van der Waals surface area contributed by atoms with Crippen molar-refractivity contribution in [2.45, 2.75) is 0 Å². The fourth-order valence-corrected chi connectivity index (χ4v) is 3.01. The first-order chi connectivity index (χ1) is 9.40. The molecular formula is C12H7ClFNO3S2. The van der Waals surface area contributed by atoms with Crippen LogP contribution in [-0.4, -0.2) is 32.7 Å². The van der Waals surface area contributed by atoms with E-state index in [9.17, 15) is 14.0 Å². The first-order valence-corrected chi connectivity index (χ1v) is 6.91. The molecule has 0 radical (unpaired) electrons. The van der Waals surface area contributed by atoms with Gasteiger partial charge in [0.25, 0.3) is 5.91 Å². The van der Waals surface area contributed by atoms with Crippen molar-refractivity contribution in [2.75, 3.05) is 6.54 Å². The number of nitrogens with zero attached hydrogens (tertiary/aromatic N) is 1. The van der Waals surface area contributed by atoms with Crippen LogP contribution in [0.15, 0.2) is 23.1 Å². The summed E-state index contributed by atoms with van der Waals surface area (Å²) in [7, 11) is 0. The van der Waals surface area contributed by atoms with E-state index < -0.39 is 24.2 Å². The van der Waals surface area contributed by atoms with Gasteiger partial charge in [0, 0.05) is 5.56 Å². The third kappa shape index (κ3) is 3.00. The molecule has 20 heavy (non-hydrogen) atoms. The maximum Gasteiger partial charge on any atom is 0.323 e. The number of carboxylic acid groups (broad SMARTS) is 1. The van der Waals surface area contributed by atoms with Gasteiger partial charge in [-0.1, -0.05) is 41.6 Å². The van der Waals surface area contributed by atoms with Crippen LogP contribution >= 0.6 is 35.6 Å². The van der Waals surface area contributed by atoms with Crippen LogP contribution in [0.25, 0.3) is 6.08 Å². The molecule has 0 aliphatic carbocycles. The number of carbonyl (C=O) groups is 2. The molecule has 0 unspecified atom stereocenters. The minimum absolute atomic E-state index is 0.0741. The van der Waals surface area contributed by atoms with E-state index >= 15 is 0 Å². The Balaban J connectivity index is 2.35. The van der Waals surface area contributed by atoms with Crippen LogP contribution in [-0.2, 0) is 9.59 Å². The SMILES string of the molecule is O=C(O)CN1C(=O)/C(=C\c2c(F)cccc2Cl)SC1=S. The molecular weight excluding hydrogens is 325 g/mol. The van der Waals surface area contributed by atoms with Crippen molar-refractivity contribution in [3.63, 3.8) is 0 Å². The minimum atomic E-state index is -1.17. The van der Waals surface area contributed by atoms with Crippen LogP contribution in [0.5, 0.6) is 0 Å². The molecule has 1 aliphatic rings. The van der Waals surface area contributed by atoms with Crippen molar-refractivity contribution in [3.05, 3.63) is 39.5 Å². The van der Waals surface area contributed by atoms with Crippen LogP contribution in [0.2, 0.25) is 5.02 Å². The topological polar surface area (TPSA) is 57.6 Å². The highest BCUT2D eigenvalue weighted by Crippen LogP contribution is 2.34. The van der Waals surface area contributed by atoms with Crippen LogP contribution in [0.3, 0.4) is 0 Å². The second kappa shape index (κ2) is 5.90. The lowest BCUT2D eigenvalue weighted by Gasteiger charge is -2.10. The zero-order valence-electron chi connectivity index (χ0n) is 9.80. The summed E-state index contributed by atoms with van der Waals surface area (Å²) < 4.78 is 13.8. The Hall–Kier alpha value is -1.44. The number of hydrogen-bond donors (Lipinski definition) is 1. The van der Waals surface area contributed by atoms with E-state index in [1.165, 1.54) is 24.3 Å². The van der Waals surface area contributed by atoms with Crippen molar-refractivity contribution in [1.29, 1.82) is 0 Å². The first-order valence-electron chi connectivity index (χ1n) is 5.31. The van der Waals surface area contributed by atoms with Gasteiger partial charge in [-0.25, -0.2) is 4.39 Å². The van der Waals surface area contributed by atoms with E-state index in [4.69, 9.17) is 28.9 Å². The Kier molecular flexibility index (Phi) is 4.42. The number of thioether (sulfide) groups is 1. The van der Waals surface area contributed by atoms with E-state index in [1.54, 1.807) is 0 Å². The lowest BCUT2D eigenvalue weighted by atomic mass is 10.2. The predicted octanol–water partition coefficient (Wildman–Crippen LogP) is 2.76. The highest BCUT2D eigenvalue weighted by atomic mass is 35.5. The zero-order valence-corrected chi connectivity index (χ0v) is 12.2. The molecule has 1 aromatic rings.